The topological polar surface area (TPSA) is 120 Å². The maximum Gasteiger partial charge on any atom is 0.172 e. The van der Waals surface area contributed by atoms with Gasteiger partial charge >= 0.3 is 0 Å². The summed E-state index contributed by atoms with van der Waals surface area (Å²) in [4.78, 5) is 0. The summed E-state index contributed by atoms with van der Waals surface area (Å²) < 4.78 is 4.82. The molecule has 6 nitrogen and oxygen atoms in total. The number of hydrogen-bond acceptors (Lipinski definition) is 6. The van der Waals surface area contributed by atoms with Crippen molar-refractivity contribution in [3.63, 3.8) is 0 Å². The van der Waals surface area contributed by atoms with Gasteiger partial charge in [-0.15, -0.1) is 0 Å². The van der Waals surface area contributed by atoms with E-state index in [1.165, 1.54) is 0 Å². The fraction of sp³-hybridized carbons (Fsp3) is 0.857. The molecule has 0 aromatic carbocycles. The van der Waals surface area contributed by atoms with Crippen LogP contribution in [0.3, 0.4) is 0 Å². The van der Waals surface area contributed by atoms with E-state index in [2.05, 4.69) is 0 Å². The van der Waals surface area contributed by atoms with E-state index in [1.807, 2.05) is 0 Å². The highest BCUT2D eigenvalue weighted by molar-refractivity contribution is 4.94. The predicted molar refractivity (Wildman–Crippen MR) is 41.1 cm³/mol. The van der Waals surface area contributed by atoms with Crippen LogP contribution in [0.2, 0.25) is 0 Å². The summed E-state index contributed by atoms with van der Waals surface area (Å²) in [5.74, 6) is 0. The van der Waals surface area contributed by atoms with E-state index >= 15 is 0 Å². The van der Waals surface area contributed by atoms with Crippen LogP contribution in [-0.2, 0) is 4.74 Å². The largest absolute Gasteiger partial charge is 0.388 e. The molecule has 1 aliphatic rings. The summed E-state index contributed by atoms with van der Waals surface area (Å²) in [6.45, 7) is 0. The van der Waals surface area contributed by atoms with E-state index in [-0.39, 0.29) is 6.42 Å². The molecule has 1 saturated heterocycles. The third-order valence-corrected chi connectivity index (χ3v) is 2.06. The highest BCUT2D eigenvalue weighted by Crippen LogP contribution is 2.20. The van der Waals surface area contributed by atoms with Gasteiger partial charge < -0.3 is 25.8 Å². The SMILES string of the molecule is N#CC[C@H]1OC(O)[C@H](N)[C@@H](O)[C@@H]1O. The molecule has 1 aliphatic heterocycles. The lowest BCUT2D eigenvalue weighted by molar-refractivity contribution is -0.240. The number of nitrogens with zero attached hydrogens (tertiary/aromatic N) is 1. The number of hydrogen-bond donors (Lipinski definition) is 4. The number of rotatable bonds is 1. The summed E-state index contributed by atoms with van der Waals surface area (Å²) in [5, 5.41) is 36.1. The molecule has 0 radical (unpaired) electrons. The molecule has 1 rings (SSSR count). The van der Waals surface area contributed by atoms with Gasteiger partial charge in [-0.25, -0.2) is 0 Å². The van der Waals surface area contributed by atoms with Gasteiger partial charge in [-0.3, -0.25) is 0 Å². The van der Waals surface area contributed by atoms with Crippen LogP contribution >= 0.6 is 0 Å². The average molecular weight is 188 g/mol. The summed E-state index contributed by atoms with van der Waals surface area (Å²) in [6, 6.07) is 0.739. The molecule has 74 valence electrons. The molecule has 0 aromatic rings. The van der Waals surface area contributed by atoms with Gasteiger partial charge in [0.25, 0.3) is 0 Å². The molecule has 5 atom stereocenters. The van der Waals surface area contributed by atoms with Gasteiger partial charge in [0, 0.05) is 0 Å². The van der Waals surface area contributed by atoms with E-state index in [4.69, 9.17) is 20.8 Å². The second kappa shape index (κ2) is 4.00. The second-order valence-electron chi connectivity index (χ2n) is 2.99. The third-order valence-electron chi connectivity index (χ3n) is 2.06. The van der Waals surface area contributed by atoms with Crippen LogP contribution in [0.5, 0.6) is 0 Å². The molecule has 1 fully saturated rings. The molecular formula is C7H12N2O4. The molecule has 13 heavy (non-hydrogen) atoms. The molecule has 0 aromatic heterocycles. The Morgan fingerprint density at radius 3 is 2.46 bits per heavy atom. The Balaban J connectivity index is 2.65. The molecule has 6 heteroatoms. The van der Waals surface area contributed by atoms with E-state index in [0.29, 0.717) is 0 Å². The Hall–Kier alpha value is -0.710. The quantitative estimate of drug-likeness (QED) is 0.366. The Bertz CT molecular complexity index is 217. The second-order valence-corrected chi connectivity index (χ2v) is 2.99. The summed E-state index contributed by atoms with van der Waals surface area (Å²) in [7, 11) is 0. The predicted octanol–water partition coefficient (Wildman–Crippen LogP) is -2.33. The lowest BCUT2D eigenvalue weighted by Crippen LogP contribution is -2.60. The number of aliphatic hydroxyl groups is 3. The Labute approximate surface area is 75.2 Å². The van der Waals surface area contributed by atoms with Crippen molar-refractivity contribution >= 4 is 0 Å². The van der Waals surface area contributed by atoms with Crippen LogP contribution in [0.1, 0.15) is 6.42 Å². The van der Waals surface area contributed by atoms with E-state index < -0.39 is 30.6 Å². The number of nitrogens with two attached hydrogens (primary N) is 1. The van der Waals surface area contributed by atoms with Gasteiger partial charge in [0.05, 0.1) is 18.5 Å². The van der Waals surface area contributed by atoms with Gasteiger partial charge in [0.15, 0.2) is 6.29 Å². The first-order valence-electron chi connectivity index (χ1n) is 3.90. The van der Waals surface area contributed by atoms with Crippen molar-refractivity contribution in [3.8, 4) is 6.07 Å². The first kappa shape index (κ1) is 10.4. The molecule has 1 heterocycles. The average Bonchev–Trinajstić information content (AvgIpc) is 2.11. The van der Waals surface area contributed by atoms with Gasteiger partial charge in [-0.05, 0) is 0 Å². The van der Waals surface area contributed by atoms with Crippen LogP contribution < -0.4 is 5.73 Å². The minimum atomic E-state index is -1.34. The van der Waals surface area contributed by atoms with Gasteiger partial charge in [0.1, 0.15) is 18.3 Å². The maximum atomic E-state index is 9.34. The van der Waals surface area contributed by atoms with Crippen molar-refractivity contribution in [1.82, 2.24) is 0 Å². The summed E-state index contributed by atoms with van der Waals surface area (Å²) in [5.41, 5.74) is 5.30. The number of ether oxygens (including phenoxy) is 1. The Morgan fingerprint density at radius 2 is 1.92 bits per heavy atom. The first-order valence-corrected chi connectivity index (χ1v) is 3.90. The third kappa shape index (κ3) is 1.96. The highest BCUT2D eigenvalue weighted by Gasteiger charge is 2.41. The van der Waals surface area contributed by atoms with E-state index in [1.54, 1.807) is 6.07 Å². The summed E-state index contributed by atoms with van der Waals surface area (Å²) in [6.07, 6.45) is -4.80. The zero-order valence-corrected chi connectivity index (χ0v) is 6.87. The molecule has 0 aliphatic carbocycles. The van der Waals surface area contributed by atoms with Crippen molar-refractivity contribution in [2.75, 3.05) is 0 Å². The minimum Gasteiger partial charge on any atom is -0.388 e. The van der Waals surface area contributed by atoms with Gasteiger partial charge in [0.2, 0.25) is 0 Å². The normalized spacial score (nSPS) is 45.6. The highest BCUT2D eigenvalue weighted by atomic mass is 16.6. The molecule has 0 amide bonds. The van der Waals surface area contributed by atoms with Crippen molar-refractivity contribution in [1.29, 1.82) is 5.26 Å². The fourth-order valence-corrected chi connectivity index (χ4v) is 1.23. The van der Waals surface area contributed by atoms with Crippen LogP contribution in [0.15, 0.2) is 0 Å². The van der Waals surface area contributed by atoms with Crippen molar-refractivity contribution in [2.45, 2.75) is 37.1 Å². The minimum absolute atomic E-state index is 0.0952. The lowest BCUT2D eigenvalue weighted by atomic mass is 9.96. The van der Waals surface area contributed by atoms with Crippen molar-refractivity contribution in [2.24, 2.45) is 5.73 Å². The van der Waals surface area contributed by atoms with E-state index in [9.17, 15) is 10.2 Å². The first-order chi connectivity index (χ1) is 6.07. The van der Waals surface area contributed by atoms with Crippen molar-refractivity contribution < 1.29 is 20.1 Å². The molecular weight excluding hydrogens is 176 g/mol. The van der Waals surface area contributed by atoms with Gasteiger partial charge in [-0.2, -0.15) is 5.26 Å². The molecule has 5 N–H and O–H groups in total. The van der Waals surface area contributed by atoms with Crippen LogP contribution in [0, 0.1) is 11.3 Å². The number of aliphatic hydroxyl groups excluding tert-OH is 3. The molecule has 0 spiro atoms. The van der Waals surface area contributed by atoms with Gasteiger partial charge in [-0.1, -0.05) is 0 Å². The molecule has 0 saturated carbocycles. The molecule has 0 bridgehead atoms. The van der Waals surface area contributed by atoms with Crippen LogP contribution in [-0.4, -0.2) is 46.0 Å². The zero-order chi connectivity index (χ0) is 10.0. The van der Waals surface area contributed by atoms with Crippen LogP contribution in [0.25, 0.3) is 0 Å². The molecule has 1 unspecified atom stereocenters. The monoisotopic (exact) mass is 188 g/mol. The maximum absolute atomic E-state index is 9.34. The Kier molecular flexibility index (Phi) is 3.19. The summed E-state index contributed by atoms with van der Waals surface area (Å²) >= 11 is 0. The smallest absolute Gasteiger partial charge is 0.172 e. The Morgan fingerprint density at radius 1 is 1.31 bits per heavy atom. The number of nitriles is 1. The fourth-order valence-electron chi connectivity index (χ4n) is 1.23. The van der Waals surface area contributed by atoms with Crippen LogP contribution in [0.4, 0.5) is 0 Å². The standard InChI is InChI=1S/C7H12N2O4/c8-2-1-3-5(10)6(11)4(9)7(12)13-3/h3-7,10-12H,1,9H2/t3-,4-,5-,6-,7?/m1/s1. The van der Waals surface area contributed by atoms with Crippen molar-refractivity contribution in [3.05, 3.63) is 0 Å². The zero-order valence-electron chi connectivity index (χ0n) is 6.87. The van der Waals surface area contributed by atoms with E-state index in [0.717, 1.165) is 0 Å². The lowest BCUT2D eigenvalue weighted by Gasteiger charge is -2.38.